The molecule has 4 aromatic carbocycles. The molecule has 0 saturated carbocycles. The SMILES string of the molecule is CC1(C)Cc2ccccc2/C(=C(/C#N)C(=O)Nc2ccc([N+](=O)[O-])cc2)N1.COc1cccc(NC(=O)/C(C#N)=C2/NC(C)(C)Cc3ccccc32)c1. The van der Waals surface area contributed by atoms with E-state index < -0.39 is 16.7 Å². The van der Waals surface area contributed by atoms with Crippen LogP contribution in [-0.4, -0.2) is 34.9 Å². The molecule has 2 heterocycles. The van der Waals surface area contributed by atoms with Gasteiger partial charge < -0.3 is 26.0 Å². The van der Waals surface area contributed by atoms with Crippen molar-refractivity contribution >= 4 is 40.3 Å². The Bertz CT molecular complexity index is 2220. The van der Waals surface area contributed by atoms with Gasteiger partial charge in [0.15, 0.2) is 0 Å². The number of rotatable bonds is 6. The van der Waals surface area contributed by atoms with Crippen molar-refractivity contribution in [3.63, 3.8) is 0 Å². The molecule has 0 spiro atoms. The number of nitro benzene ring substituents is 1. The van der Waals surface area contributed by atoms with E-state index in [9.17, 15) is 30.2 Å². The van der Waals surface area contributed by atoms with Crippen molar-refractivity contribution in [2.75, 3.05) is 17.7 Å². The summed E-state index contributed by atoms with van der Waals surface area (Å²) in [4.78, 5) is 35.7. The van der Waals surface area contributed by atoms with Gasteiger partial charge in [-0.15, -0.1) is 0 Å². The number of fused-ring (bicyclic) bond motifs is 2. The molecule has 4 N–H and O–H groups in total. The molecule has 2 amide bonds. The molecular weight excluding hydrogens is 670 g/mol. The zero-order valence-corrected chi connectivity index (χ0v) is 30.0. The van der Waals surface area contributed by atoms with E-state index in [2.05, 4.69) is 41.2 Å². The van der Waals surface area contributed by atoms with Crippen LogP contribution in [0, 0.1) is 32.8 Å². The van der Waals surface area contributed by atoms with Gasteiger partial charge in [0.05, 0.1) is 23.4 Å². The first kappa shape index (κ1) is 37.3. The maximum absolute atomic E-state index is 12.8. The van der Waals surface area contributed by atoms with Gasteiger partial charge in [-0.25, -0.2) is 0 Å². The minimum atomic E-state index is -0.568. The molecule has 0 bridgehead atoms. The number of benzene rings is 4. The quantitative estimate of drug-likeness (QED) is 0.0717. The van der Waals surface area contributed by atoms with Crippen LogP contribution in [0.2, 0.25) is 0 Å². The molecule has 0 unspecified atom stereocenters. The topological polar surface area (TPSA) is 182 Å². The number of nitrogens with one attached hydrogen (secondary N) is 4. The Morgan fingerprint density at radius 3 is 1.64 bits per heavy atom. The first-order chi connectivity index (χ1) is 25.2. The fourth-order valence-electron chi connectivity index (χ4n) is 6.28. The lowest BCUT2D eigenvalue weighted by molar-refractivity contribution is -0.384. The fraction of sp³-hybridized carbons (Fsp3) is 0.220. The maximum Gasteiger partial charge on any atom is 0.269 e. The lowest BCUT2D eigenvalue weighted by Crippen LogP contribution is -2.44. The summed E-state index contributed by atoms with van der Waals surface area (Å²) in [5, 5.41) is 42.1. The second-order valence-electron chi connectivity index (χ2n) is 13.9. The zero-order chi connectivity index (χ0) is 38.3. The van der Waals surface area contributed by atoms with Crippen molar-refractivity contribution in [3.8, 4) is 17.9 Å². The number of methoxy groups -OCH3 is 1. The minimum absolute atomic E-state index is 0.0337. The summed E-state index contributed by atoms with van der Waals surface area (Å²) in [6.45, 7) is 8.12. The van der Waals surface area contributed by atoms with Crippen LogP contribution in [0.15, 0.2) is 108 Å². The normalized spacial score (nSPS) is 16.4. The van der Waals surface area contributed by atoms with Crippen molar-refractivity contribution in [1.29, 1.82) is 10.5 Å². The van der Waals surface area contributed by atoms with Crippen LogP contribution >= 0.6 is 0 Å². The van der Waals surface area contributed by atoms with Crippen LogP contribution < -0.4 is 26.0 Å². The van der Waals surface area contributed by atoms with Crippen molar-refractivity contribution in [3.05, 3.63) is 141 Å². The summed E-state index contributed by atoms with van der Waals surface area (Å²) in [5.41, 5.74) is 5.31. The Kier molecular flexibility index (Phi) is 10.9. The summed E-state index contributed by atoms with van der Waals surface area (Å²) in [6, 6.07) is 32.1. The molecule has 0 aromatic heterocycles. The number of hydrogen-bond donors (Lipinski definition) is 4. The molecule has 0 fully saturated rings. The summed E-state index contributed by atoms with van der Waals surface area (Å²) in [6.07, 6.45) is 1.60. The summed E-state index contributed by atoms with van der Waals surface area (Å²) < 4.78 is 5.17. The highest BCUT2D eigenvalue weighted by Gasteiger charge is 2.32. The van der Waals surface area contributed by atoms with Crippen LogP contribution in [0.4, 0.5) is 17.1 Å². The monoisotopic (exact) mass is 709 g/mol. The molecule has 12 heteroatoms. The molecule has 53 heavy (non-hydrogen) atoms. The number of nitro groups is 1. The van der Waals surface area contributed by atoms with Crippen molar-refractivity contribution in [2.24, 2.45) is 0 Å². The van der Waals surface area contributed by atoms with Gasteiger partial charge in [0, 0.05) is 51.8 Å². The van der Waals surface area contributed by atoms with Crippen LogP contribution in [0.3, 0.4) is 0 Å². The molecule has 0 saturated heterocycles. The van der Waals surface area contributed by atoms with E-state index in [-0.39, 0.29) is 27.9 Å². The Morgan fingerprint density at radius 1 is 0.717 bits per heavy atom. The number of nitrogens with zero attached hydrogens (tertiary/aromatic N) is 3. The highest BCUT2D eigenvalue weighted by Crippen LogP contribution is 2.33. The highest BCUT2D eigenvalue weighted by atomic mass is 16.6. The van der Waals surface area contributed by atoms with Crippen LogP contribution in [0.1, 0.15) is 49.9 Å². The second-order valence-corrected chi connectivity index (χ2v) is 13.9. The lowest BCUT2D eigenvalue weighted by atomic mass is 9.84. The van der Waals surface area contributed by atoms with E-state index in [0.29, 0.717) is 28.5 Å². The standard InChI is InChI=1S/C21H21N3O2.C20H18N4O3/c1-21(2)12-14-7-4-5-10-17(14)19(24-21)18(13-22)20(25)23-15-8-6-9-16(11-15)26-3;1-20(2)11-13-5-3-4-6-16(13)18(23-20)17(12-21)19(25)22-14-7-9-15(10-8-14)24(26)27/h4-11,24H,12H2,1-3H3,(H,23,25);3-10,23H,11H2,1-2H3,(H,22,25)/b19-18+;18-17+. The molecule has 6 rings (SSSR count). The number of non-ortho nitro benzene ring substituents is 1. The van der Waals surface area contributed by atoms with Crippen molar-refractivity contribution in [1.82, 2.24) is 10.6 Å². The molecule has 2 aliphatic heterocycles. The van der Waals surface area contributed by atoms with Gasteiger partial charge in [0.25, 0.3) is 17.5 Å². The lowest BCUT2D eigenvalue weighted by Gasteiger charge is -2.36. The molecule has 12 nitrogen and oxygen atoms in total. The third-order valence-electron chi connectivity index (χ3n) is 8.61. The van der Waals surface area contributed by atoms with Crippen LogP contribution in [0.5, 0.6) is 5.75 Å². The van der Waals surface area contributed by atoms with Gasteiger partial charge in [0.1, 0.15) is 29.0 Å². The van der Waals surface area contributed by atoms with Crippen LogP contribution in [-0.2, 0) is 22.4 Å². The number of amides is 2. The van der Waals surface area contributed by atoms with Gasteiger partial charge in [-0.05, 0) is 75.9 Å². The Morgan fingerprint density at radius 2 is 1.19 bits per heavy atom. The predicted molar refractivity (Wildman–Crippen MR) is 203 cm³/mol. The molecule has 0 atom stereocenters. The van der Waals surface area contributed by atoms with Gasteiger partial charge in [-0.1, -0.05) is 54.6 Å². The highest BCUT2D eigenvalue weighted by molar-refractivity contribution is 6.13. The number of carbonyl (C=O) groups excluding carboxylic acids is 2. The number of ether oxygens (including phenoxy) is 1. The van der Waals surface area contributed by atoms with E-state index in [4.69, 9.17) is 4.74 Å². The molecular formula is C41H39N7O5. The average Bonchev–Trinajstić information content (AvgIpc) is 3.12. The Balaban J connectivity index is 0.000000204. The Hall–Kier alpha value is -6.92. The van der Waals surface area contributed by atoms with Gasteiger partial charge in [-0.3, -0.25) is 19.7 Å². The van der Waals surface area contributed by atoms with E-state index in [0.717, 1.165) is 35.1 Å². The average molecular weight is 710 g/mol. The molecule has 2 aliphatic rings. The molecule has 0 radical (unpaired) electrons. The largest absolute Gasteiger partial charge is 0.497 e. The van der Waals surface area contributed by atoms with E-state index in [1.807, 2.05) is 68.4 Å². The van der Waals surface area contributed by atoms with Gasteiger partial charge in [0.2, 0.25) is 0 Å². The number of nitriles is 2. The fourth-order valence-corrected chi connectivity index (χ4v) is 6.28. The van der Waals surface area contributed by atoms with Crippen molar-refractivity contribution in [2.45, 2.75) is 51.6 Å². The van der Waals surface area contributed by atoms with Gasteiger partial charge >= 0.3 is 0 Å². The zero-order valence-electron chi connectivity index (χ0n) is 30.0. The van der Waals surface area contributed by atoms with E-state index in [1.54, 1.807) is 31.4 Å². The first-order valence-electron chi connectivity index (χ1n) is 16.8. The predicted octanol–water partition coefficient (Wildman–Crippen LogP) is 6.89. The Labute approximate surface area is 307 Å². The molecule has 0 aliphatic carbocycles. The van der Waals surface area contributed by atoms with Crippen LogP contribution in [0.25, 0.3) is 11.4 Å². The second kappa shape index (κ2) is 15.5. The number of anilines is 2. The number of hydrogen-bond acceptors (Lipinski definition) is 9. The van der Waals surface area contributed by atoms with Gasteiger partial charge in [-0.2, -0.15) is 10.5 Å². The van der Waals surface area contributed by atoms with E-state index >= 15 is 0 Å². The molecule has 268 valence electrons. The maximum atomic E-state index is 12.8. The first-order valence-corrected chi connectivity index (χ1v) is 16.8. The van der Waals surface area contributed by atoms with E-state index in [1.165, 1.54) is 24.3 Å². The number of carbonyl (C=O) groups is 2. The minimum Gasteiger partial charge on any atom is -0.497 e. The summed E-state index contributed by atoms with van der Waals surface area (Å²) in [7, 11) is 1.56. The molecule has 4 aromatic rings. The summed E-state index contributed by atoms with van der Waals surface area (Å²) in [5.74, 6) is -0.381. The summed E-state index contributed by atoms with van der Waals surface area (Å²) >= 11 is 0. The smallest absolute Gasteiger partial charge is 0.269 e. The van der Waals surface area contributed by atoms with Crippen molar-refractivity contribution < 1.29 is 19.2 Å². The third kappa shape index (κ3) is 8.88. The third-order valence-corrected chi connectivity index (χ3v) is 8.61.